The Labute approximate surface area is 262 Å². The lowest BCUT2D eigenvalue weighted by atomic mass is 9.96. The lowest BCUT2D eigenvalue weighted by Gasteiger charge is -2.41. The lowest BCUT2D eigenvalue weighted by molar-refractivity contribution is 0.186. The van der Waals surface area contributed by atoms with Crippen LogP contribution in [0.25, 0.3) is 16.6 Å². The zero-order valence-corrected chi connectivity index (χ0v) is 26.2. The minimum atomic E-state index is -0.157. The van der Waals surface area contributed by atoms with Gasteiger partial charge in [0.15, 0.2) is 0 Å². The van der Waals surface area contributed by atoms with Gasteiger partial charge in [-0.1, -0.05) is 98.1 Å². The van der Waals surface area contributed by atoms with Crippen molar-refractivity contribution in [3.8, 4) is 5.69 Å². The Morgan fingerprint density at radius 2 is 1.66 bits per heavy atom. The number of allylic oxidation sites excluding steroid dienone is 5. The molecule has 5 nitrogen and oxygen atoms in total. The van der Waals surface area contributed by atoms with Crippen LogP contribution >= 0.6 is 0 Å². The Bertz CT molecular complexity index is 1750. The maximum absolute atomic E-state index is 6.60. The molecule has 0 fully saturated rings. The van der Waals surface area contributed by atoms with Gasteiger partial charge in [0.1, 0.15) is 12.0 Å². The number of nitrogens with one attached hydrogen (secondary N) is 2. The van der Waals surface area contributed by atoms with Crippen molar-refractivity contribution in [2.75, 3.05) is 12.4 Å². The largest absolute Gasteiger partial charge is 0.366 e. The fourth-order valence-corrected chi connectivity index (χ4v) is 6.07. The molecule has 0 saturated carbocycles. The topological polar surface area (TPSA) is 58.3 Å². The fraction of sp³-hybridized carbons (Fsp3) is 0.179. The second kappa shape index (κ2) is 13.6. The maximum atomic E-state index is 6.60. The summed E-state index contributed by atoms with van der Waals surface area (Å²) >= 11 is 0. The summed E-state index contributed by atoms with van der Waals surface area (Å²) in [6.45, 7) is 14.1. The van der Waals surface area contributed by atoms with E-state index in [0.717, 1.165) is 50.5 Å². The Hall–Kier alpha value is -4.84. The van der Waals surface area contributed by atoms with Crippen molar-refractivity contribution in [2.45, 2.75) is 39.0 Å². The average Bonchev–Trinajstić information content (AvgIpc) is 3.37. The van der Waals surface area contributed by atoms with E-state index in [9.17, 15) is 0 Å². The van der Waals surface area contributed by atoms with Crippen LogP contribution in [0.15, 0.2) is 151 Å². The number of fused-ring (bicyclic) bond motifs is 1. The molecule has 2 heterocycles. The number of aromatic nitrogens is 1. The second-order valence-electron chi connectivity index (χ2n) is 11.1. The van der Waals surface area contributed by atoms with Crippen LogP contribution < -0.4 is 16.4 Å². The summed E-state index contributed by atoms with van der Waals surface area (Å²) < 4.78 is 2.28. The average molecular weight is 582 g/mol. The summed E-state index contributed by atoms with van der Waals surface area (Å²) in [6, 6.07) is 27.5. The van der Waals surface area contributed by atoms with Gasteiger partial charge in [0.05, 0.1) is 11.6 Å². The van der Waals surface area contributed by atoms with Crippen LogP contribution in [-0.4, -0.2) is 22.6 Å². The molecule has 4 N–H and O–H groups in total. The zero-order chi connectivity index (χ0) is 31.2. The number of nitrogens with zero attached hydrogens (tertiary/aromatic N) is 2. The van der Waals surface area contributed by atoms with Gasteiger partial charge in [-0.15, -0.1) is 0 Å². The Morgan fingerprint density at radius 1 is 0.955 bits per heavy atom. The Balaban J connectivity index is 1.59. The number of benzene rings is 3. The van der Waals surface area contributed by atoms with E-state index in [1.165, 1.54) is 5.57 Å². The van der Waals surface area contributed by atoms with Crippen molar-refractivity contribution in [3.63, 3.8) is 0 Å². The minimum absolute atomic E-state index is 0.0565. The highest BCUT2D eigenvalue weighted by atomic mass is 15.3. The van der Waals surface area contributed by atoms with E-state index in [0.29, 0.717) is 0 Å². The van der Waals surface area contributed by atoms with Crippen molar-refractivity contribution < 1.29 is 0 Å². The van der Waals surface area contributed by atoms with Gasteiger partial charge in [-0.05, 0) is 80.9 Å². The first-order chi connectivity index (χ1) is 21.4. The highest BCUT2D eigenvalue weighted by molar-refractivity contribution is 5.93. The highest BCUT2D eigenvalue weighted by Crippen LogP contribution is 2.39. The third kappa shape index (κ3) is 5.98. The maximum Gasteiger partial charge on any atom is 0.120 e. The Kier molecular flexibility index (Phi) is 9.49. The first-order valence-electron chi connectivity index (χ1n) is 15.2. The summed E-state index contributed by atoms with van der Waals surface area (Å²) in [5.41, 5.74) is 15.4. The van der Waals surface area contributed by atoms with Gasteiger partial charge in [-0.2, -0.15) is 0 Å². The molecule has 5 heteroatoms. The molecule has 1 aliphatic rings. The quantitative estimate of drug-likeness (QED) is 0.164. The predicted molar refractivity (Wildman–Crippen MR) is 188 cm³/mol. The molecule has 44 heavy (non-hydrogen) atoms. The summed E-state index contributed by atoms with van der Waals surface area (Å²) in [6.07, 6.45) is 14.3. The summed E-state index contributed by atoms with van der Waals surface area (Å²) in [4.78, 5) is 2.36. The van der Waals surface area contributed by atoms with Crippen LogP contribution in [0.3, 0.4) is 0 Å². The summed E-state index contributed by atoms with van der Waals surface area (Å²) in [7, 11) is 2.16. The van der Waals surface area contributed by atoms with Gasteiger partial charge in [0, 0.05) is 34.1 Å². The van der Waals surface area contributed by atoms with Gasteiger partial charge in [0.25, 0.3) is 0 Å². The molecule has 0 spiro atoms. The van der Waals surface area contributed by atoms with Gasteiger partial charge >= 0.3 is 0 Å². The molecule has 0 radical (unpaired) electrons. The molecule has 0 bridgehead atoms. The lowest BCUT2D eigenvalue weighted by Crippen LogP contribution is -2.46. The SMILES string of the molecule is C=C/C=C\C(=C/C)C1C=C(/C(C=C)=C/C)NC(c2ccc(-n3c(Nc4ccccc4)c(C(C)N)c4ccccc43)cc2)N1C. The summed E-state index contributed by atoms with van der Waals surface area (Å²) in [5, 5.41) is 8.61. The second-order valence-corrected chi connectivity index (χ2v) is 11.1. The normalized spacial score (nSPS) is 18.6. The standard InChI is InChI=1S/C39H43N5/c1-7-11-17-29(10-4)36-26-34(28(8-2)9-3)42-38(43(36)6)30-22-24-32(25-23-30)44-35-21-16-15-20-33(35)37(27(5)40)39(44)41-31-18-13-12-14-19-31/h7-27,36,38,41-42H,1-2,40H2,3-6H3/b17-11-,28-9+,29-10+. The predicted octanol–water partition coefficient (Wildman–Crippen LogP) is 9.00. The Morgan fingerprint density at radius 3 is 2.30 bits per heavy atom. The smallest absolute Gasteiger partial charge is 0.120 e. The monoisotopic (exact) mass is 581 g/mol. The molecule has 0 amide bonds. The molecule has 1 aromatic heterocycles. The molecular weight excluding hydrogens is 538 g/mol. The molecule has 0 saturated heterocycles. The number of hydrogen-bond donors (Lipinski definition) is 3. The number of likely N-dealkylation sites (N-methyl/N-ethyl adjacent to an activating group) is 1. The van der Waals surface area contributed by atoms with E-state index >= 15 is 0 Å². The molecule has 4 aromatic rings. The van der Waals surface area contributed by atoms with Crippen molar-refractivity contribution in [1.29, 1.82) is 0 Å². The number of nitrogens with two attached hydrogens (primary N) is 1. The molecule has 1 aliphatic heterocycles. The van der Waals surface area contributed by atoms with Crippen LogP contribution in [0.2, 0.25) is 0 Å². The highest BCUT2D eigenvalue weighted by Gasteiger charge is 2.30. The van der Waals surface area contributed by atoms with E-state index in [4.69, 9.17) is 5.73 Å². The number of hydrogen-bond acceptors (Lipinski definition) is 4. The minimum Gasteiger partial charge on any atom is -0.366 e. The molecule has 224 valence electrons. The van der Waals surface area contributed by atoms with Gasteiger partial charge in [0.2, 0.25) is 0 Å². The molecule has 3 unspecified atom stereocenters. The number of para-hydroxylation sites is 2. The number of rotatable bonds is 10. The van der Waals surface area contributed by atoms with Crippen molar-refractivity contribution in [1.82, 2.24) is 14.8 Å². The van der Waals surface area contributed by atoms with E-state index in [-0.39, 0.29) is 18.2 Å². The van der Waals surface area contributed by atoms with Crippen LogP contribution in [0.5, 0.6) is 0 Å². The van der Waals surface area contributed by atoms with Crippen LogP contribution in [0.1, 0.15) is 44.1 Å². The van der Waals surface area contributed by atoms with Gasteiger partial charge in [-0.3, -0.25) is 9.47 Å². The molecule has 3 atom stereocenters. The summed E-state index contributed by atoms with van der Waals surface area (Å²) in [5.74, 6) is 0.980. The molecule has 0 aliphatic carbocycles. The first kappa shape index (κ1) is 30.6. The number of anilines is 2. The fourth-order valence-electron chi connectivity index (χ4n) is 6.07. The third-order valence-corrected chi connectivity index (χ3v) is 8.28. The van der Waals surface area contributed by atoms with Gasteiger partial charge in [-0.25, -0.2) is 0 Å². The molecular formula is C39H43N5. The van der Waals surface area contributed by atoms with Gasteiger partial charge < -0.3 is 16.4 Å². The molecule has 5 rings (SSSR count). The van der Waals surface area contributed by atoms with E-state index in [2.05, 4.69) is 132 Å². The third-order valence-electron chi connectivity index (χ3n) is 8.28. The molecule has 3 aromatic carbocycles. The van der Waals surface area contributed by atoms with Crippen molar-refractivity contribution in [2.24, 2.45) is 5.73 Å². The van der Waals surface area contributed by atoms with Crippen LogP contribution in [0.4, 0.5) is 11.5 Å². The van der Waals surface area contributed by atoms with Crippen LogP contribution in [-0.2, 0) is 0 Å². The van der Waals surface area contributed by atoms with E-state index in [1.54, 1.807) is 0 Å². The van der Waals surface area contributed by atoms with Crippen molar-refractivity contribution in [3.05, 3.63) is 163 Å². The zero-order valence-electron chi connectivity index (χ0n) is 26.2. The van der Waals surface area contributed by atoms with E-state index in [1.807, 2.05) is 50.3 Å². The van der Waals surface area contributed by atoms with Crippen LogP contribution in [0, 0.1) is 0 Å². The van der Waals surface area contributed by atoms with E-state index < -0.39 is 0 Å². The van der Waals surface area contributed by atoms with Crippen molar-refractivity contribution >= 4 is 22.4 Å². The first-order valence-corrected chi connectivity index (χ1v) is 15.2.